The fourth-order valence-corrected chi connectivity index (χ4v) is 6.58. The summed E-state index contributed by atoms with van der Waals surface area (Å²) in [6, 6.07) is 17.9. The third kappa shape index (κ3) is 4.97. The highest BCUT2D eigenvalue weighted by atomic mass is 32.1. The van der Waals surface area contributed by atoms with E-state index in [1.807, 2.05) is 30.3 Å². The van der Waals surface area contributed by atoms with Crippen molar-refractivity contribution in [2.45, 2.75) is 58.8 Å². The van der Waals surface area contributed by atoms with Gasteiger partial charge in [0, 0.05) is 15.8 Å². The molecule has 1 atom stereocenters. The van der Waals surface area contributed by atoms with E-state index in [9.17, 15) is 9.59 Å². The number of carbonyl (C=O) groups is 2. The van der Waals surface area contributed by atoms with Gasteiger partial charge in [0.15, 0.2) is 0 Å². The fourth-order valence-electron chi connectivity index (χ4n) is 5.23. The number of nitrogens with zero attached hydrogens (tertiary/aromatic N) is 1. The molecule has 5 nitrogen and oxygen atoms in total. The lowest BCUT2D eigenvalue weighted by molar-refractivity contribution is 0.0600. The van der Waals surface area contributed by atoms with E-state index in [2.05, 4.69) is 57.3 Å². The predicted octanol–water partition coefficient (Wildman–Crippen LogP) is 7.81. The van der Waals surface area contributed by atoms with Crippen LogP contribution in [0.4, 0.5) is 5.00 Å². The van der Waals surface area contributed by atoms with E-state index in [0.717, 1.165) is 53.4 Å². The standard InChI is InChI=1S/C32H34N2O3S/c1-6-19-11-16-23-27(17-19)38-30(28(23)31(36)37-5)34-29(35)24-18-26(33-25-10-8-7-9-22(24)25)20-12-14-21(15-13-20)32(2,3)4/h7-10,12-15,18-19H,6,11,16-17H2,1-5H3,(H,34,35)/t19-/m0/s1. The third-order valence-electron chi connectivity index (χ3n) is 7.57. The zero-order valence-corrected chi connectivity index (χ0v) is 23.5. The van der Waals surface area contributed by atoms with Gasteiger partial charge in [0.25, 0.3) is 5.91 Å². The van der Waals surface area contributed by atoms with Gasteiger partial charge in [-0.2, -0.15) is 0 Å². The summed E-state index contributed by atoms with van der Waals surface area (Å²) in [5.41, 5.74) is 5.78. The van der Waals surface area contributed by atoms with Crippen LogP contribution in [0.1, 0.15) is 77.3 Å². The van der Waals surface area contributed by atoms with E-state index in [4.69, 9.17) is 9.72 Å². The van der Waals surface area contributed by atoms with E-state index in [1.165, 1.54) is 28.9 Å². The topological polar surface area (TPSA) is 68.3 Å². The Balaban J connectivity index is 1.55. The summed E-state index contributed by atoms with van der Waals surface area (Å²) < 4.78 is 5.13. The normalized spacial score (nSPS) is 15.2. The Bertz CT molecular complexity index is 1510. The number of carbonyl (C=O) groups excluding carboxylic acids is 2. The Labute approximate surface area is 228 Å². The number of benzene rings is 2. The molecule has 38 heavy (non-hydrogen) atoms. The van der Waals surface area contributed by atoms with Gasteiger partial charge in [0.05, 0.1) is 29.4 Å². The van der Waals surface area contributed by atoms with Crippen LogP contribution in [0.5, 0.6) is 0 Å². The summed E-state index contributed by atoms with van der Waals surface area (Å²) in [7, 11) is 1.39. The van der Waals surface area contributed by atoms with Crippen molar-refractivity contribution in [2.24, 2.45) is 5.92 Å². The van der Waals surface area contributed by atoms with Crippen LogP contribution in [0.2, 0.25) is 0 Å². The number of ether oxygens (including phenoxy) is 1. The largest absolute Gasteiger partial charge is 0.465 e. The Hall–Kier alpha value is -3.51. The lowest BCUT2D eigenvalue weighted by Gasteiger charge is -2.20. The Morgan fingerprint density at radius 2 is 1.84 bits per heavy atom. The van der Waals surface area contributed by atoms with Crippen molar-refractivity contribution < 1.29 is 14.3 Å². The molecule has 5 rings (SSSR count). The van der Waals surface area contributed by atoms with E-state index in [0.29, 0.717) is 22.0 Å². The number of methoxy groups -OCH3 is 1. The van der Waals surface area contributed by atoms with Gasteiger partial charge in [0.2, 0.25) is 0 Å². The summed E-state index contributed by atoms with van der Waals surface area (Å²) in [6.45, 7) is 8.76. The highest BCUT2D eigenvalue weighted by Gasteiger charge is 2.30. The molecule has 1 aliphatic rings. The van der Waals surface area contributed by atoms with E-state index in [1.54, 1.807) is 0 Å². The first-order valence-corrected chi connectivity index (χ1v) is 14.1. The number of thiophene rings is 1. The van der Waals surface area contributed by atoms with Gasteiger partial charge >= 0.3 is 5.97 Å². The van der Waals surface area contributed by atoms with Gasteiger partial charge in [-0.15, -0.1) is 11.3 Å². The average Bonchev–Trinajstić information content (AvgIpc) is 3.28. The van der Waals surface area contributed by atoms with Gasteiger partial charge in [-0.1, -0.05) is 76.6 Å². The van der Waals surface area contributed by atoms with Crippen molar-refractivity contribution in [1.82, 2.24) is 4.98 Å². The molecule has 0 spiro atoms. The Kier molecular flexibility index (Phi) is 7.10. The van der Waals surface area contributed by atoms with Crippen LogP contribution in [0, 0.1) is 5.92 Å². The molecule has 0 aliphatic heterocycles. The minimum atomic E-state index is -0.396. The Morgan fingerprint density at radius 3 is 2.53 bits per heavy atom. The van der Waals surface area contributed by atoms with Crippen LogP contribution < -0.4 is 5.32 Å². The second kappa shape index (κ2) is 10.3. The number of amides is 1. The molecule has 0 saturated heterocycles. The van der Waals surface area contributed by atoms with Crippen molar-refractivity contribution in [3.05, 3.63) is 81.7 Å². The van der Waals surface area contributed by atoms with Crippen LogP contribution in [-0.2, 0) is 23.0 Å². The summed E-state index contributed by atoms with van der Waals surface area (Å²) in [5.74, 6) is -0.0505. The number of nitrogens with one attached hydrogen (secondary N) is 1. The molecule has 4 aromatic rings. The first-order chi connectivity index (χ1) is 18.2. The fraction of sp³-hybridized carbons (Fsp3) is 0.344. The molecule has 2 aromatic heterocycles. The molecule has 2 aromatic carbocycles. The second-order valence-corrected chi connectivity index (χ2v) is 12.2. The van der Waals surface area contributed by atoms with Crippen molar-refractivity contribution in [3.8, 4) is 11.3 Å². The van der Waals surface area contributed by atoms with Gasteiger partial charge in [-0.25, -0.2) is 9.78 Å². The van der Waals surface area contributed by atoms with Crippen molar-refractivity contribution in [2.75, 3.05) is 12.4 Å². The SMILES string of the molecule is CC[C@H]1CCc2c(sc(NC(=O)c3cc(-c4ccc(C(C)(C)C)cc4)nc4ccccc34)c2C(=O)OC)C1. The minimum absolute atomic E-state index is 0.0504. The average molecular weight is 527 g/mol. The summed E-state index contributed by atoms with van der Waals surface area (Å²) in [5, 5.41) is 4.42. The minimum Gasteiger partial charge on any atom is -0.465 e. The molecule has 0 bridgehead atoms. The zero-order valence-electron chi connectivity index (χ0n) is 22.7. The number of hydrogen-bond acceptors (Lipinski definition) is 5. The molecular formula is C32H34N2O3S. The number of pyridine rings is 1. The van der Waals surface area contributed by atoms with E-state index < -0.39 is 5.97 Å². The number of fused-ring (bicyclic) bond motifs is 2. The first-order valence-electron chi connectivity index (χ1n) is 13.2. The number of esters is 1. The molecule has 0 unspecified atom stereocenters. The zero-order chi connectivity index (χ0) is 27.0. The molecule has 0 saturated carbocycles. The number of anilines is 1. The van der Waals surface area contributed by atoms with Gasteiger partial charge in [0.1, 0.15) is 5.00 Å². The van der Waals surface area contributed by atoms with E-state index in [-0.39, 0.29) is 11.3 Å². The first kappa shape index (κ1) is 26.1. The summed E-state index contributed by atoms with van der Waals surface area (Å²) in [4.78, 5) is 32.7. The maximum atomic E-state index is 13.8. The summed E-state index contributed by atoms with van der Waals surface area (Å²) >= 11 is 1.51. The van der Waals surface area contributed by atoms with Crippen LogP contribution in [0.25, 0.3) is 22.2 Å². The quantitative estimate of drug-likeness (QED) is 0.269. The van der Waals surface area contributed by atoms with Crippen LogP contribution in [0.3, 0.4) is 0 Å². The predicted molar refractivity (Wildman–Crippen MR) is 155 cm³/mol. The van der Waals surface area contributed by atoms with Crippen LogP contribution >= 0.6 is 11.3 Å². The van der Waals surface area contributed by atoms with Crippen LogP contribution in [0.15, 0.2) is 54.6 Å². The lowest BCUT2D eigenvalue weighted by Crippen LogP contribution is -2.17. The molecule has 0 fully saturated rings. The smallest absolute Gasteiger partial charge is 0.341 e. The van der Waals surface area contributed by atoms with Gasteiger partial charge < -0.3 is 10.1 Å². The van der Waals surface area contributed by atoms with E-state index >= 15 is 0 Å². The highest BCUT2D eigenvalue weighted by Crippen LogP contribution is 2.41. The molecule has 1 aliphatic carbocycles. The van der Waals surface area contributed by atoms with Crippen molar-refractivity contribution >= 4 is 39.1 Å². The molecular weight excluding hydrogens is 492 g/mol. The summed E-state index contributed by atoms with van der Waals surface area (Å²) in [6.07, 6.45) is 3.92. The maximum Gasteiger partial charge on any atom is 0.341 e. The molecule has 1 N–H and O–H groups in total. The number of aromatic nitrogens is 1. The number of para-hydroxylation sites is 1. The number of hydrogen-bond donors (Lipinski definition) is 1. The Morgan fingerprint density at radius 1 is 1.11 bits per heavy atom. The monoisotopic (exact) mass is 526 g/mol. The van der Waals surface area contributed by atoms with Crippen LogP contribution in [-0.4, -0.2) is 24.0 Å². The molecule has 2 heterocycles. The molecule has 196 valence electrons. The third-order valence-corrected chi connectivity index (χ3v) is 8.74. The van der Waals surface area contributed by atoms with Gasteiger partial charge in [-0.05, 0) is 53.9 Å². The van der Waals surface area contributed by atoms with Gasteiger partial charge in [-0.3, -0.25) is 4.79 Å². The van der Waals surface area contributed by atoms with Crippen molar-refractivity contribution in [3.63, 3.8) is 0 Å². The van der Waals surface area contributed by atoms with Crippen molar-refractivity contribution in [1.29, 1.82) is 0 Å². The molecule has 0 radical (unpaired) electrons. The molecule has 1 amide bonds. The molecule has 6 heteroatoms. The number of rotatable bonds is 5. The maximum absolute atomic E-state index is 13.8. The lowest BCUT2D eigenvalue weighted by atomic mass is 9.85. The highest BCUT2D eigenvalue weighted by molar-refractivity contribution is 7.17. The second-order valence-electron chi connectivity index (χ2n) is 11.1.